The van der Waals surface area contributed by atoms with Gasteiger partial charge >= 0.3 is 5.97 Å². The lowest BCUT2D eigenvalue weighted by atomic mass is 10.1. The monoisotopic (exact) mass is 402 g/mol. The second-order valence-corrected chi connectivity index (χ2v) is 6.00. The lowest BCUT2D eigenvalue weighted by Crippen LogP contribution is -2.27. The number of halogens is 1. The molecular weight excluding hydrogens is 384 g/mol. The first kappa shape index (κ1) is 21.1. The molecule has 1 amide bonds. The van der Waals surface area contributed by atoms with E-state index >= 15 is 0 Å². The number of ether oxygens (including phenoxy) is 2. The first-order valence-corrected chi connectivity index (χ1v) is 8.79. The van der Waals surface area contributed by atoms with Gasteiger partial charge in [-0.2, -0.15) is 5.10 Å². The van der Waals surface area contributed by atoms with Gasteiger partial charge in [0, 0.05) is 16.1 Å². The van der Waals surface area contributed by atoms with Crippen molar-refractivity contribution in [2.45, 2.75) is 13.3 Å². The largest absolute Gasteiger partial charge is 0.497 e. The molecule has 2 rings (SSSR count). The number of nitrogens with one attached hydrogen (secondary N) is 1. The molecule has 0 fully saturated rings. The molecule has 28 heavy (non-hydrogen) atoms. The number of carbonyl (C=O) groups excluding carboxylic acids is 3. The zero-order chi connectivity index (χ0) is 20.5. The van der Waals surface area contributed by atoms with Gasteiger partial charge in [0.15, 0.2) is 11.5 Å². The molecule has 0 atom stereocenters. The number of hydrazone groups is 1. The summed E-state index contributed by atoms with van der Waals surface area (Å²) >= 11 is 5.86. The van der Waals surface area contributed by atoms with Gasteiger partial charge < -0.3 is 9.47 Å². The molecule has 0 unspecified atom stereocenters. The first-order chi connectivity index (χ1) is 13.4. The molecule has 0 saturated carbocycles. The van der Waals surface area contributed by atoms with Crippen LogP contribution in [0.4, 0.5) is 0 Å². The van der Waals surface area contributed by atoms with Gasteiger partial charge in [-0.25, -0.2) is 10.2 Å². The van der Waals surface area contributed by atoms with E-state index in [1.165, 1.54) is 13.2 Å². The van der Waals surface area contributed by atoms with E-state index in [0.717, 1.165) is 0 Å². The number of amides is 1. The molecule has 146 valence electrons. The highest BCUT2D eigenvalue weighted by Crippen LogP contribution is 2.13. The fraction of sp³-hybridized carbons (Fsp3) is 0.200. The minimum absolute atomic E-state index is 0.108. The Balaban J connectivity index is 2.16. The van der Waals surface area contributed by atoms with Crippen molar-refractivity contribution in [1.29, 1.82) is 0 Å². The number of Topliss-reactive ketones (excluding diaryl/α,β-unsaturated/α-hetero) is 1. The SMILES string of the molecule is CCOC(=O)/C(CC(=O)c1ccc(OC)cc1)=N\NC(=O)c1cccc(Cl)c1. The molecular formula is C20H19ClN2O5. The Morgan fingerprint density at radius 2 is 1.79 bits per heavy atom. The van der Waals surface area contributed by atoms with Gasteiger partial charge in [0.1, 0.15) is 5.75 Å². The standard InChI is InChI=1S/C20H19ClN2O5/c1-3-28-20(26)17(12-18(24)13-7-9-16(27-2)10-8-13)22-23-19(25)14-5-4-6-15(21)11-14/h4-11H,3,12H2,1-2H3,(H,23,25)/b22-17-. The van der Waals surface area contributed by atoms with E-state index in [0.29, 0.717) is 16.3 Å². The van der Waals surface area contributed by atoms with E-state index in [1.807, 2.05) is 0 Å². The van der Waals surface area contributed by atoms with E-state index in [-0.39, 0.29) is 30.1 Å². The fourth-order valence-electron chi connectivity index (χ4n) is 2.22. The molecule has 0 bridgehead atoms. The molecule has 0 aliphatic rings. The first-order valence-electron chi connectivity index (χ1n) is 8.41. The van der Waals surface area contributed by atoms with Crippen molar-refractivity contribution in [3.05, 3.63) is 64.7 Å². The fourth-order valence-corrected chi connectivity index (χ4v) is 2.41. The van der Waals surface area contributed by atoms with Crippen LogP contribution in [0.25, 0.3) is 0 Å². The van der Waals surface area contributed by atoms with Gasteiger partial charge in [-0.1, -0.05) is 17.7 Å². The highest BCUT2D eigenvalue weighted by atomic mass is 35.5. The zero-order valence-corrected chi connectivity index (χ0v) is 16.2. The number of rotatable bonds is 8. The van der Waals surface area contributed by atoms with Crippen LogP contribution in [0.1, 0.15) is 34.1 Å². The van der Waals surface area contributed by atoms with Crippen LogP contribution in [0.15, 0.2) is 53.6 Å². The number of ketones is 1. The third-order valence-corrected chi connectivity index (χ3v) is 3.87. The number of benzene rings is 2. The number of esters is 1. The van der Waals surface area contributed by atoms with Crippen molar-refractivity contribution in [2.24, 2.45) is 5.10 Å². The maximum Gasteiger partial charge on any atom is 0.354 e. The molecule has 0 radical (unpaired) electrons. The van der Waals surface area contributed by atoms with Gasteiger partial charge in [-0.15, -0.1) is 0 Å². The molecule has 0 aromatic heterocycles. The Bertz CT molecular complexity index is 894. The van der Waals surface area contributed by atoms with Crippen molar-refractivity contribution in [3.63, 3.8) is 0 Å². The summed E-state index contributed by atoms with van der Waals surface area (Å²) in [5.74, 6) is -1.10. The topological polar surface area (TPSA) is 94.1 Å². The van der Waals surface area contributed by atoms with Crippen molar-refractivity contribution in [1.82, 2.24) is 5.43 Å². The summed E-state index contributed by atoms with van der Waals surface area (Å²) in [6.07, 6.45) is -0.332. The molecule has 7 nitrogen and oxygen atoms in total. The van der Waals surface area contributed by atoms with Crippen LogP contribution in [-0.2, 0) is 9.53 Å². The Morgan fingerprint density at radius 1 is 1.07 bits per heavy atom. The van der Waals surface area contributed by atoms with Crippen molar-refractivity contribution in [3.8, 4) is 5.75 Å². The third-order valence-electron chi connectivity index (χ3n) is 3.63. The summed E-state index contributed by atoms with van der Waals surface area (Å²) in [4.78, 5) is 36.8. The number of carbonyl (C=O) groups is 3. The second-order valence-electron chi connectivity index (χ2n) is 5.56. The van der Waals surface area contributed by atoms with Gasteiger partial charge in [0.05, 0.1) is 20.1 Å². The third kappa shape index (κ3) is 5.92. The molecule has 0 saturated heterocycles. The lowest BCUT2D eigenvalue weighted by molar-refractivity contribution is -0.135. The van der Waals surface area contributed by atoms with Gasteiger partial charge in [0.2, 0.25) is 0 Å². The van der Waals surface area contributed by atoms with E-state index in [1.54, 1.807) is 49.4 Å². The minimum atomic E-state index is -0.782. The average molecular weight is 403 g/mol. The summed E-state index contributed by atoms with van der Waals surface area (Å²) in [7, 11) is 1.52. The highest BCUT2D eigenvalue weighted by molar-refractivity contribution is 6.40. The van der Waals surface area contributed by atoms with Crippen LogP contribution in [0.2, 0.25) is 5.02 Å². The number of hydrogen-bond acceptors (Lipinski definition) is 6. The molecule has 0 aliphatic heterocycles. The highest BCUT2D eigenvalue weighted by Gasteiger charge is 2.19. The molecule has 0 heterocycles. The maximum atomic E-state index is 12.5. The Morgan fingerprint density at radius 3 is 2.39 bits per heavy atom. The van der Waals surface area contributed by atoms with E-state index in [4.69, 9.17) is 21.1 Å². The average Bonchev–Trinajstić information content (AvgIpc) is 2.70. The van der Waals surface area contributed by atoms with Crippen LogP contribution in [0.5, 0.6) is 5.75 Å². The maximum absolute atomic E-state index is 12.5. The van der Waals surface area contributed by atoms with Gasteiger partial charge in [0.25, 0.3) is 5.91 Å². The van der Waals surface area contributed by atoms with Gasteiger partial charge in [-0.3, -0.25) is 9.59 Å². The van der Waals surface area contributed by atoms with Crippen LogP contribution in [0, 0.1) is 0 Å². The van der Waals surface area contributed by atoms with Crippen LogP contribution in [0.3, 0.4) is 0 Å². The summed E-state index contributed by atoms with van der Waals surface area (Å²) in [6.45, 7) is 1.74. The van der Waals surface area contributed by atoms with Crippen LogP contribution >= 0.6 is 11.6 Å². The molecule has 1 N–H and O–H groups in total. The lowest BCUT2D eigenvalue weighted by Gasteiger charge is -2.07. The van der Waals surface area contributed by atoms with Gasteiger partial charge in [-0.05, 0) is 49.4 Å². The van der Waals surface area contributed by atoms with Crippen molar-refractivity contribution < 1.29 is 23.9 Å². The number of nitrogens with zero attached hydrogens (tertiary/aromatic N) is 1. The van der Waals surface area contributed by atoms with Crippen LogP contribution in [-0.4, -0.2) is 37.1 Å². The zero-order valence-electron chi connectivity index (χ0n) is 15.4. The summed E-state index contributed by atoms with van der Waals surface area (Å²) < 4.78 is 9.97. The van der Waals surface area contributed by atoms with Crippen molar-refractivity contribution >= 4 is 35.0 Å². The summed E-state index contributed by atoms with van der Waals surface area (Å²) in [5.41, 5.74) is 2.69. The quantitative estimate of drug-likeness (QED) is 0.316. The predicted octanol–water partition coefficient (Wildman–Crippen LogP) is 3.27. The molecule has 0 spiro atoms. The Kier molecular flexibility index (Phi) is 7.71. The molecule has 8 heteroatoms. The van der Waals surface area contributed by atoms with Crippen LogP contribution < -0.4 is 10.2 Å². The minimum Gasteiger partial charge on any atom is -0.497 e. The predicted molar refractivity (Wildman–Crippen MR) is 105 cm³/mol. The molecule has 2 aromatic rings. The summed E-state index contributed by atoms with van der Waals surface area (Å²) in [5, 5.41) is 4.19. The molecule has 0 aliphatic carbocycles. The van der Waals surface area contributed by atoms with E-state index in [9.17, 15) is 14.4 Å². The number of methoxy groups -OCH3 is 1. The smallest absolute Gasteiger partial charge is 0.354 e. The summed E-state index contributed by atoms with van der Waals surface area (Å²) in [6, 6.07) is 12.7. The van der Waals surface area contributed by atoms with Crippen molar-refractivity contribution in [2.75, 3.05) is 13.7 Å². The van der Waals surface area contributed by atoms with E-state index < -0.39 is 11.9 Å². The normalized spacial score (nSPS) is 10.9. The Labute approximate surface area is 167 Å². The Hall–Kier alpha value is -3.19. The van der Waals surface area contributed by atoms with E-state index in [2.05, 4.69) is 10.5 Å². The molecule has 2 aromatic carbocycles. The second kappa shape index (κ2) is 10.2. The number of hydrogen-bond donors (Lipinski definition) is 1.